The molecule has 6 heteroatoms. The van der Waals surface area contributed by atoms with Gasteiger partial charge in [-0.05, 0) is 37.1 Å². The van der Waals surface area contributed by atoms with E-state index in [1.54, 1.807) is 11.8 Å². The molecule has 2 heterocycles. The van der Waals surface area contributed by atoms with Crippen molar-refractivity contribution in [3.8, 4) is 12.1 Å². The molecule has 1 aliphatic heterocycles. The lowest BCUT2D eigenvalue weighted by Crippen LogP contribution is -2.23. The Morgan fingerprint density at radius 2 is 1.69 bits per heavy atom. The molecule has 0 amide bonds. The number of allylic oxidation sites excluding steroid dienone is 4. The number of dihydropyridines is 1. The van der Waals surface area contributed by atoms with E-state index in [0.717, 1.165) is 38.6 Å². The van der Waals surface area contributed by atoms with Gasteiger partial charge in [-0.25, -0.2) is 0 Å². The van der Waals surface area contributed by atoms with Crippen molar-refractivity contribution >= 4 is 22.7 Å². The maximum absolute atomic E-state index is 9.73. The van der Waals surface area contributed by atoms with Gasteiger partial charge in [0.05, 0.1) is 34.7 Å². The molecule has 1 aromatic heterocycles. The van der Waals surface area contributed by atoms with Crippen molar-refractivity contribution in [1.29, 1.82) is 10.5 Å². The smallest absolute Gasteiger partial charge is 0.126 e. The van der Waals surface area contributed by atoms with E-state index in [1.165, 1.54) is 5.56 Å². The van der Waals surface area contributed by atoms with Crippen LogP contribution < -0.4 is 5.32 Å². The fourth-order valence-corrected chi connectivity index (χ4v) is 4.58. The minimum absolute atomic E-state index is 0.363. The maximum atomic E-state index is 9.73. The van der Waals surface area contributed by atoms with Crippen LogP contribution in [0.4, 0.5) is 0 Å². The van der Waals surface area contributed by atoms with Gasteiger partial charge in [0, 0.05) is 22.5 Å². The number of hydrogen-bond acceptors (Lipinski definition) is 5. The van der Waals surface area contributed by atoms with E-state index in [0.29, 0.717) is 11.1 Å². The Labute approximate surface area is 173 Å². The number of benzene rings is 2. The molecule has 2 aromatic carbocycles. The van der Waals surface area contributed by atoms with Gasteiger partial charge in [0.2, 0.25) is 0 Å². The van der Waals surface area contributed by atoms with Crippen molar-refractivity contribution in [3.63, 3.8) is 0 Å². The number of fused-ring (bicyclic) bond motifs is 1. The third kappa shape index (κ3) is 3.51. The van der Waals surface area contributed by atoms with Crippen LogP contribution in [0.25, 0.3) is 10.9 Å². The van der Waals surface area contributed by atoms with Gasteiger partial charge < -0.3 is 5.32 Å². The van der Waals surface area contributed by atoms with Crippen LogP contribution in [0, 0.1) is 22.7 Å². The number of hydrogen-bond donors (Lipinski definition) is 2. The van der Waals surface area contributed by atoms with Gasteiger partial charge in [0.15, 0.2) is 0 Å². The van der Waals surface area contributed by atoms with Gasteiger partial charge in [-0.1, -0.05) is 48.2 Å². The number of aromatic nitrogens is 2. The van der Waals surface area contributed by atoms with E-state index < -0.39 is 0 Å². The van der Waals surface area contributed by atoms with Crippen LogP contribution in [0.3, 0.4) is 0 Å². The Balaban J connectivity index is 1.74. The number of nitrogens with one attached hydrogen (secondary N) is 2. The summed E-state index contributed by atoms with van der Waals surface area (Å²) in [6.07, 6.45) is 0. The van der Waals surface area contributed by atoms with Crippen molar-refractivity contribution in [3.05, 3.63) is 82.2 Å². The first kappa shape index (κ1) is 18.9. The molecular formula is C23H19N5S. The molecule has 3 aromatic rings. The minimum atomic E-state index is -0.363. The maximum Gasteiger partial charge on any atom is 0.126 e. The Kier molecular flexibility index (Phi) is 5.12. The average Bonchev–Trinajstić information content (AvgIpc) is 3.14. The van der Waals surface area contributed by atoms with E-state index >= 15 is 0 Å². The number of aromatic amines is 1. The lowest BCUT2D eigenvalue weighted by molar-refractivity contribution is 0.815. The number of nitriles is 2. The molecule has 0 unspecified atom stereocenters. The summed E-state index contributed by atoms with van der Waals surface area (Å²) in [5.41, 5.74) is 5.84. The van der Waals surface area contributed by atoms with Gasteiger partial charge in [-0.15, -0.1) is 0 Å². The van der Waals surface area contributed by atoms with Crippen LogP contribution in [0.1, 0.15) is 30.9 Å². The summed E-state index contributed by atoms with van der Waals surface area (Å²) in [5.74, 6) is 0.459. The second-order valence-corrected chi connectivity index (χ2v) is 7.93. The first-order valence-electron chi connectivity index (χ1n) is 9.26. The number of nitrogens with zero attached hydrogens (tertiary/aromatic N) is 3. The van der Waals surface area contributed by atoms with Crippen LogP contribution in [0.2, 0.25) is 0 Å². The van der Waals surface area contributed by atoms with Gasteiger partial charge in [-0.2, -0.15) is 15.6 Å². The summed E-state index contributed by atoms with van der Waals surface area (Å²) in [7, 11) is 0. The second-order valence-electron chi connectivity index (χ2n) is 6.97. The average molecular weight is 398 g/mol. The molecule has 2 N–H and O–H groups in total. The molecule has 0 spiro atoms. The first-order valence-corrected chi connectivity index (χ1v) is 10.2. The van der Waals surface area contributed by atoms with Crippen molar-refractivity contribution < 1.29 is 0 Å². The van der Waals surface area contributed by atoms with E-state index in [-0.39, 0.29) is 5.92 Å². The molecule has 0 radical (unpaired) electrons. The van der Waals surface area contributed by atoms with Gasteiger partial charge in [-0.3, -0.25) is 5.10 Å². The van der Waals surface area contributed by atoms with E-state index in [2.05, 4.69) is 45.9 Å². The molecular weight excluding hydrogens is 378 g/mol. The van der Waals surface area contributed by atoms with E-state index in [9.17, 15) is 10.5 Å². The summed E-state index contributed by atoms with van der Waals surface area (Å²) in [6, 6.07) is 20.9. The fraction of sp³-hybridized carbons (Fsp3) is 0.174. The number of rotatable bonds is 4. The lowest BCUT2D eigenvalue weighted by atomic mass is 9.81. The van der Waals surface area contributed by atoms with E-state index in [4.69, 9.17) is 0 Å². The molecule has 0 saturated carbocycles. The lowest BCUT2D eigenvalue weighted by Gasteiger charge is -2.26. The molecule has 0 aliphatic carbocycles. The highest BCUT2D eigenvalue weighted by Gasteiger charge is 2.29. The van der Waals surface area contributed by atoms with Gasteiger partial charge in [0.1, 0.15) is 5.03 Å². The highest BCUT2D eigenvalue weighted by atomic mass is 32.2. The first-order chi connectivity index (χ1) is 14.1. The fourth-order valence-electron chi connectivity index (χ4n) is 3.65. The Morgan fingerprint density at radius 3 is 2.34 bits per heavy atom. The molecule has 0 bridgehead atoms. The summed E-state index contributed by atoms with van der Waals surface area (Å²) in [6.45, 7) is 3.75. The van der Waals surface area contributed by atoms with Crippen LogP contribution >= 0.6 is 11.8 Å². The Bertz CT molecular complexity index is 1190. The van der Waals surface area contributed by atoms with Crippen LogP contribution in [-0.4, -0.2) is 10.2 Å². The third-order valence-corrected chi connectivity index (χ3v) is 6.17. The standard InChI is InChI=1S/C23H19N5S/c1-14-19(11-24)22(20(12-25)15(2)26-14)17-8-9-21-18(10-17)23(28-27-21)29-13-16-6-4-3-5-7-16/h3-10,22,26H,13H2,1-2H3,(H,27,28). The Hall–Kier alpha value is -3.48. The minimum Gasteiger partial charge on any atom is -0.361 e. The van der Waals surface area contributed by atoms with Crippen LogP contribution in [0.15, 0.2) is 76.1 Å². The Morgan fingerprint density at radius 1 is 1.00 bits per heavy atom. The SMILES string of the molecule is CC1=C(C#N)C(c2ccc3[nH]nc(SCc4ccccc4)c3c2)C(C#N)=C(C)N1. The van der Waals surface area contributed by atoms with Gasteiger partial charge in [0.25, 0.3) is 0 Å². The molecule has 4 rings (SSSR count). The van der Waals surface area contributed by atoms with Crippen LogP contribution in [-0.2, 0) is 5.75 Å². The van der Waals surface area contributed by atoms with Crippen molar-refractivity contribution in [2.75, 3.05) is 0 Å². The quantitative estimate of drug-likeness (QED) is 0.595. The summed E-state index contributed by atoms with van der Waals surface area (Å²) < 4.78 is 0. The molecule has 1 aliphatic rings. The summed E-state index contributed by atoms with van der Waals surface area (Å²) in [5, 5.41) is 32.1. The zero-order valence-corrected chi connectivity index (χ0v) is 17.0. The van der Waals surface area contributed by atoms with Crippen molar-refractivity contribution in [2.45, 2.75) is 30.5 Å². The topological polar surface area (TPSA) is 88.3 Å². The summed E-state index contributed by atoms with van der Waals surface area (Å²) in [4.78, 5) is 0. The monoisotopic (exact) mass is 397 g/mol. The van der Waals surface area contributed by atoms with Crippen molar-refractivity contribution in [2.24, 2.45) is 0 Å². The molecule has 0 fully saturated rings. The van der Waals surface area contributed by atoms with Crippen molar-refractivity contribution in [1.82, 2.24) is 15.5 Å². The molecule has 29 heavy (non-hydrogen) atoms. The summed E-state index contributed by atoms with van der Waals surface area (Å²) >= 11 is 1.67. The second kappa shape index (κ2) is 7.87. The largest absolute Gasteiger partial charge is 0.361 e. The molecule has 0 atom stereocenters. The molecule has 5 nitrogen and oxygen atoms in total. The number of H-pyrrole nitrogens is 1. The van der Waals surface area contributed by atoms with Gasteiger partial charge >= 0.3 is 0 Å². The zero-order valence-electron chi connectivity index (χ0n) is 16.2. The third-order valence-electron chi connectivity index (χ3n) is 5.10. The highest BCUT2D eigenvalue weighted by molar-refractivity contribution is 7.98. The normalized spacial score (nSPS) is 14.6. The number of thioether (sulfide) groups is 1. The van der Waals surface area contributed by atoms with E-state index in [1.807, 2.05) is 44.2 Å². The molecule has 142 valence electrons. The zero-order chi connectivity index (χ0) is 20.4. The predicted octanol–water partition coefficient (Wildman–Crippen LogP) is 5.14. The van der Waals surface area contributed by atoms with Crippen LogP contribution in [0.5, 0.6) is 0 Å². The predicted molar refractivity (Wildman–Crippen MR) is 115 cm³/mol. The molecule has 0 saturated heterocycles. The highest BCUT2D eigenvalue weighted by Crippen LogP contribution is 2.39.